The number of fused-ring (bicyclic) bond motifs is 1. The summed E-state index contributed by atoms with van der Waals surface area (Å²) < 4.78 is 43.5. The Bertz CT molecular complexity index is 1520. The lowest BCUT2D eigenvalue weighted by Gasteiger charge is -2.25. The molecule has 3 N–H and O–H groups in total. The molecule has 0 radical (unpaired) electrons. The van der Waals surface area contributed by atoms with Gasteiger partial charge in [-0.2, -0.15) is 13.2 Å². The van der Waals surface area contributed by atoms with Crippen molar-refractivity contribution in [2.75, 3.05) is 17.7 Å². The zero-order chi connectivity index (χ0) is 31.3. The average molecular weight is 596 g/mol. The maximum atomic E-state index is 13.2. The number of benzene rings is 3. The maximum absolute atomic E-state index is 13.2. The van der Waals surface area contributed by atoms with Gasteiger partial charge in [-0.1, -0.05) is 50.2 Å². The van der Waals surface area contributed by atoms with Gasteiger partial charge in [-0.05, 0) is 65.8 Å². The summed E-state index contributed by atoms with van der Waals surface area (Å²) in [7, 11) is 1.26. The number of esters is 1. The molecule has 0 fully saturated rings. The quantitative estimate of drug-likeness (QED) is 0.259. The summed E-state index contributed by atoms with van der Waals surface area (Å²) in [4.78, 5) is 50.1. The van der Waals surface area contributed by atoms with Crippen molar-refractivity contribution in [1.29, 1.82) is 0 Å². The molecule has 2 unspecified atom stereocenters. The Labute approximate surface area is 247 Å². The van der Waals surface area contributed by atoms with E-state index in [2.05, 4.69) is 16.0 Å². The molecule has 43 heavy (non-hydrogen) atoms. The Kier molecular flexibility index (Phi) is 9.53. The fourth-order valence-corrected chi connectivity index (χ4v) is 4.99. The third-order valence-electron chi connectivity index (χ3n) is 7.30. The molecule has 0 aliphatic heterocycles. The van der Waals surface area contributed by atoms with Crippen LogP contribution in [0.2, 0.25) is 0 Å². The normalized spacial score (nSPS) is 15.3. The Morgan fingerprint density at radius 2 is 1.60 bits per heavy atom. The van der Waals surface area contributed by atoms with Gasteiger partial charge >= 0.3 is 18.2 Å². The Balaban J connectivity index is 1.37. The van der Waals surface area contributed by atoms with Crippen LogP contribution >= 0.6 is 0 Å². The molecule has 11 heteroatoms. The lowest BCUT2D eigenvalue weighted by molar-refractivity contribution is -0.146. The van der Waals surface area contributed by atoms with Crippen LogP contribution in [0.15, 0.2) is 66.7 Å². The number of carbonyl (C=O) groups is 4. The summed E-state index contributed by atoms with van der Waals surface area (Å²) >= 11 is 0. The molecule has 0 saturated carbocycles. The first-order valence-electron chi connectivity index (χ1n) is 13.8. The molecule has 0 bridgehead atoms. The van der Waals surface area contributed by atoms with Gasteiger partial charge in [0.2, 0.25) is 5.91 Å². The Hall–Kier alpha value is -4.67. The second-order valence-corrected chi connectivity index (χ2v) is 10.7. The predicted molar refractivity (Wildman–Crippen MR) is 156 cm³/mol. The number of carbonyl (C=O) groups excluding carboxylic acids is 4. The van der Waals surface area contributed by atoms with E-state index in [9.17, 15) is 32.3 Å². The van der Waals surface area contributed by atoms with E-state index < -0.39 is 35.7 Å². The highest BCUT2D eigenvalue weighted by Crippen LogP contribution is 2.33. The van der Waals surface area contributed by atoms with Crippen molar-refractivity contribution in [2.45, 2.75) is 45.3 Å². The molecular formula is C32H32F3N3O5. The number of amides is 3. The van der Waals surface area contributed by atoms with E-state index in [0.29, 0.717) is 24.1 Å². The number of rotatable bonds is 8. The van der Waals surface area contributed by atoms with Gasteiger partial charge in [0.1, 0.15) is 6.04 Å². The highest BCUT2D eigenvalue weighted by atomic mass is 19.4. The minimum absolute atomic E-state index is 0.0105. The summed E-state index contributed by atoms with van der Waals surface area (Å²) in [5.41, 5.74) is 2.72. The standard InChI is InChI=1S/C32H32F3N3O5/c1-18(2)28(30(41)43-3)38-27(39)16-22-8-7-21-15-20(11-14-26(21)29(22)40)19-9-12-24(13-10-19)36-31(42)37-25-6-4-5-23(17-25)32(33,34)35/h4-6,9-15,17-18,22,28H,7-8,16H2,1-3H3,(H,38,39)(H2,36,37,42). The van der Waals surface area contributed by atoms with Crippen molar-refractivity contribution in [2.24, 2.45) is 11.8 Å². The number of ketones is 1. The van der Waals surface area contributed by atoms with Gasteiger partial charge in [0.25, 0.3) is 0 Å². The van der Waals surface area contributed by atoms with Crippen molar-refractivity contribution in [3.8, 4) is 11.1 Å². The van der Waals surface area contributed by atoms with Gasteiger partial charge in [-0.3, -0.25) is 9.59 Å². The highest BCUT2D eigenvalue weighted by Gasteiger charge is 2.32. The number of ether oxygens (including phenoxy) is 1. The van der Waals surface area contributed by atoms with E-state index >= 15 is 0 Å². The largest absolute Gasteiger partial charge is 0.467 e. The van der Waals surface area contributed by atoms with Crippen molar-refractivity contribution in [3.63, 3.8) is 0 Å². The third kappa shape index (κ3) is 7.79. The fraction of sp³-hybridized carbons (Fsp3) is 0.312. The number of urea groups is 1. The zero-order valence-electron chi connectivity index (χ0n) is 23.9. The summed E-state index contributed by atoms with van der Waals surface area (Å²) in [6, 6.07) is 15.3. The zero-order valence-corrected chi connectivity index (χ0v) is 23.9. The van der Waals surface area contributed by atoms with Crippen LogP contribution in [-0.4, -0.2) is 36.8 Å². The molecule has 3 amide bonds. The Morgan fingerprint density at radius 1 is 0.930 bits per heavy atom. The van der Waals surface area contributed by atoms with Crippen molar-refractivity contribution >= 4 is 35.1 Å². The first-order valence-corrected chi connectivity index (χ1v) is 13.8. The smallest absolute Gasteiger partial charge is 0.416 e. The van der Waals surface area contributed by atoms with Gasteiger partial charge in [-0.15, -0.1) is 0 Å². The van der Waals surface area contributed by atoms with Crippen LogP contribution in [-0.2, 0) is 26.9 Å². The SMILES string of the molecule is COC(=O)C(NC(=O)CC1CCc2cc(-c3ccc(NC(=O)Nc4cccc(C(F)(F)F)c4)cc3)ccc2C1=O)C(C)C. The monoisotopic (exact) mass is 595 g/mol. The number of Topliss-reactive ketones (excluding diaryl/α,β-unsaturated/α-hetero) is 1. The van der Waals surface area contributed by atoms with Crippen LogP contribution < -0.4 is 16.0 Å². The van der Waals surface area contributed by atoms with E-state index in [1.807, 2.05) is 12.1 Å². The molecule has 226 valence electrons. The van der Waals surface area contributed by atoms with E-state index in [4.69, 9.17) is 4.74 Å². The second kappa shape index (κ2) is 13.1. The van der Waals surface area contributed by atoms with Crippen molar-refractivity contribution in [1.82, 2.24) is 5.32 Å². The van der Waals surface area contributed by atoms with E-state index in [-0.39, 0.29) is 29.7 Å². The maximum Gasteiger partial charge on any atom is 0.416 e. The fourth-order valence-electron chi connectivity index (χ4n) is 4.99. The van der Waals surface area contributed by atoms with E-state index in [1.54, 1.807) is 44.2 Å². The molecule has 8 nitrogen and oxygen atoms in total. The topological polar surface area (TPSA) is 114 Å². The summed E-state index contributed by atoms with van der Waals surface area (Å²) in [5, 5.41) is 7.68. The van der Waals surface area contributed by atoms with Gasteiger partial charge in [0.05, 0.1) is 12.7 Å². The molecule has 3 aromatic rings. The molecule has 3 aromatic carbocycles. The van der Waals surface area contributed by atoms with Crippen LogP contribution in [0.3, 0.4) is 0 Å². The predicted octanol–water partition coefficient (Wildman–Crippen LogP) is 6.47. The molecule has 1 aliphatic carbocycles. The average Bonchev–Trinajstić information content (AvgIpc) is 2.96. The molecular weight excluding hydrogens is 563 g/mol. The number of methoxy groups -OCH3 is 1. The summed E-state index contributed by atoms with van der Waals surface area (Å²) in [6.45, 7) is 3.60. The van der Waals surface area contributed by atoms with E-state index in [0.717, 1.165) is 28.8 Å². The van der Waals surface area contributed by atoms with Gasteiger partial charge < -0.3 is 20.7 Å². The van der Waals surface area contributed by atoms with Crippen LogP contribution in [0.25, 0.3) is 11.1 Å². The van der Waals surface area contributed by atoms with Gasteiger partial charge in [0.15, 0.2) is 5.78 Å². The number of anilines is 2. The van der Waals surface area contributed by atoms with Crippen LogP contribution in [0.4, 0.5) is 29.3 Å². The lowest BCUT2D eigenvalue weighted by Crippen LogP contribution is -2.46. The number of alkyl halides is 3. The molecule has 2 atom stereocenters. The number of aryl methyl sites for hydroxylation is 1. The summed E-state index contributed by atoms with van der Waals surface area (Å²) in [5.74, 6) is -1.67. The summed E-state index contributed by atoms with van der Waals surface area (Å²) in [6.07, 6.45) is -3.43. The first kappa shape index (κ1) is 31.3. The number of hydrogen-bond donors (Lipinski definition) is 3. The van der Waals surface area contributed by atoms with Crippen molar-refractivity contribution in [3.05, 3.63) is 83.4 Å². The number of nitrogens with one attached hydrogen (secondary N) is 3. The van der Waals surface area contributed by atoms with Crippen LogP contribution in [0, 0.1) is 11.8 Å². The number of hydrogen-bond acceptors (Lipinski definition) is 5. The van der Waals surface area contributed by atoms with Gasteiger partial charge in [-0.25, -0.2) is 9.59 Å². The van der Waals surface area contributed by atoms with E-state index in [1.165, 1.54) is 19.2 Å². The lowest BCUT2D eigenvalue weighted by atomic mass is 9.80. The minimum atomic E-state index is -4.52. The molecule has 1 aliphatic rings. The number of halogens is 3. The van der Waals surface area contributed by atoms with Crippen LogP contribution in [0.1, 0.15) is 48.2 Å². The van der Waals surface area contributed by atoms with Gasteiger partial charge in [0, 0.05) is 29.3 Å². The minimum Gasteiger partial charge on any atom is -0.467 e. The molecule has 0 aromatic heterocycles. The molecule has 0 spiro atoms. The first-order chi connectivity index (χ1) is 20.3. The third-order valence-corrected chi connectivity index (χ3v) is 7.30. The van der Waals surface area contributed by atoms with Crippen molar-refractivity contribution < 1.29 is 37.1 Å². The molecule has 4 rings (SSSR count). The highest BCUT2D eigenvalue weighted by molar-refractivity contribution is 6.03. The molecule has 0 heterocycles. The van der Waals surface area contributed by atoms with Crippen LogP contribution in [0.5, 0.6) is 0 Å². The molecule has 0 saturated heterocycles. The Morgan fingerprint density at radius 3 is 2.26 bits per heavy atom. The second-order valence-electron chi connectivity index (χ2n) is 10.7.